The van der Waals surface area contributed by atoms with Gasteiger partial charge in [-0.15, -0.1) is 0 Å². The number of carbonyl (C=O) groups excluding carboxylic acids is 1. The third-order valence-corrected chi connectivity index (χ3v) is 3.61. The Balaban J connectivity index is 2.28. The number of rotatable bonds is 4. The molecule has 0 spiro atoms. The van der Waals surface area contributed by atoms with Crippen LogP contribution in [0.25, 0.3) is 0 Å². The molecule has 0 aliphatic carbocycles. The first-order valence-corrected chi connectivity index (χ1v) is 6.50. The Hall–Kier alpha value is -1.68. The highest BCUT2D eigenvalue weighted by molar-refractivity contribution is 7.99. The maximum absolute atomic E-state index is 10.6. The summed E-state index contributed by atoms with van der Waals surface area (Å²) in [5.74, 6) is 0. The first-order chi connectivity index (χ1) is 8.70. The summed E-state index contributed by atoms with van der Waals surface area (Å²) in [4.78, 5) is 20.0. The molecule has 1 heterocycles. The third-order valence-electron chi connectivity index (χ3n) is 2.72. The van der Waals surface area contributed by atoms with E-state index in [-0.39, 0.29) is 0 Å². The van der Waals surface area contributed by atoms with E-state index in [2.05, 4.69) is 22.1 Å². The number of hydrogen-bond donors (Lipinski definition) is 0. The Morgan fingerprint density at radius 3 is 2.50 bits per heavy atom. The molecular formula is C14H14N2OS. The third kappa shape index (κ3) is 2.96. The van der Waals surface area contributed by atoms with E-state index in [1.165, 1.54) is 0 Å². The smallest absolute Gasteiger partial charge is 0.124 e. The SMILES string of the molecule is Cc1cc(Sc2cnccn2)cc(C)c1CC=O. The van der Waals surface area contributed by atoms with Crippen LogP contribution in [-0.2, 0) is 11.2 Å². The number of aldehydes is 1. The van der Waals surface area contributed by atoms with Crippen LogP contribution in [0.4, 0.5) is 0 Å². The van der Waals surface area contributed by atoms with Gasteiger partial charge in [-0.05, 0) is 42.7 Å². The van der Waals surface area contributed by atoms with Crippen LogP contribution in [0.3, 0.4) is 0 Å². The molecule has 3 nitrogen and oxygen atoms in total. The Morgan fingerprint density at radius 2 is 1.94 bits per heavy atom. The summed E-state index contributed by atoms with van der Waals surface area (Å²) in [5, 5.41) is 0.874. The van der Waals surface area contributed by atoms with Gasteiger partial charge in [-0.2, -0.15) is 0 Å². The van der Waals surface area contributed by atoms with E-state index in [0.29, 0.717) is 6.42 Å². The van der Waals surface area contributed by atoms with Crippen molar-refractivity contribution in [1.82, 2.24) is 9.97 Å². The van der Waals surface area contributed by atoms with E-state index < -0.39 is 0 Å². The molecule has 18 heavy (non-hydrogen) atoms. The highest BCUT2D eigenvalue weighted by atomic mass is 32.2. The number of hydrogen-bond acceptors (Lipinski definition) is 4. The molecule has 0 atom stereocenters. The second kappa shape index (κ2) is 5.78. The van der Waals surface area contributed by atoms with Gasteiger partial charge in [0.05, 0.1) is 6.20 Å². The van der Waals surface area contributed by atoms with Gasteiger partial charge >= 0.3 is 0 Å². The van der Waals surface area contributed by atoms with Crippen LogP contribution in [0.5, 0.6) is 0 Å². The van der Waals surface area contributed by atoms with E-state index in [4.69, 9.17) is 0 Å². The standard InChI is InChI=1S/C14H14N2OS/c1-10-7-12(8-11(2)13(10)3-6-17)18-14-9-15-4-5-16-14/h4-9H,3H2,1-2H3. The predicted molar refractivity (Wildman–Crippen MR) is 71.8 cm³/mol. The topological polar surface area (TPSA) is 42.9 Å². The molecule has 2 aromatic rings. The highest BCUT2D eigenvalue weighted by Crippen LogP contribution is 2.29. The zero-order valence-corrected chi connectivity index (χ0v) is 11.2. The second-order valence-corrected chi connectivity index (χ2v) is 5.15. The minimum absolute atomic E-state index is 0.480. The van der Waals surface area contributed by atoms with Gasteiger partial charge in [0.15, 0.2) is 0 Å². The van der Waals surface area contributed by atoms with Crippen molar-refractivity contribution in [1.29, 1.82) is 0 Å². The summed E-state index contributed by atoms with van der Waals surface area (Å²) >= 11 is 1.58. The Bertz CT molecular complexity index is 532. The fraction of sp³-hybridized carbons (Fsp3) is 0.214. The minimum atomic E-state index is 0.480. The molecule has 0 aliphatic heterocycles. The fourth-order valence-corrected chi connectivity index (χ4v) is 2.82. The molecule has 0 radical (unpaired) electrons. The van der Waals surface area contributed by atoms with Gasteiger partial charge in [0.1, 0.15) is 11.3 Å². The predicted octanol–water partition coefficient (Wildman–Crippen LogP) is 2.99. The van der Waals surface area contributed by atoms with Gasteiger partial charge in [-0.25, -0.2) is 4.98 Å². The van der Waals surface area contributed by atoms with Crippen molar-refractivity contribution in [2.45, 2.75) is 30.2 Å². The van der Waals surface area contributed by atoms with Crippen LogP contribution < -0.4 is 0 Å². The summed E-state index contributed by atoms with van der Waals surface area (Å²) in [7, 11) is 0. The largest absolute Gasteiger partial charge is 0.303 e. The summed E-state index contributed by atoms with van der Waals surface area (Å²) in [6.45, 7) is 4.07. The van der Waals surface area contributed by atoms with Crippen LogP contribution in [-0.4, -0.2) is 16.3 Å². The summed E-state index contributed by atoms with van der Waals surface area (Å²) in [6.07, 6.45) is 6.52. The normalized spacial score (nSPS) is 10.3. The lowest BCUT2D eigenvalue weighted by Crippen LogP contribution is -1.95. The van der Waals surface area contributed by atoms with E-state index in [0.717, 1.165) is 32.9 Å². The molecule has 4 heteroatoms. The van der Waals surface area contributed by atoms with E-state index in [1.54, 1.807) is 30.4 Å². The molecule has 1 aromatic carbocycles. The molecular weight excluding hydrogens is 244 g/mol. The molecule has 0 amide bonds. The van der Waals surface area contributed by atoms with Crippen molar-refractivity contribution in [2.75, 3.05) is 0 Å². The summed E-state index contributed by atoms with van der Waals surface area (Å²) in [5.41, 5.74) is 3.41. The van der Waals surface area contributed by atoms with E-state index >= 15 is 0 Å². The monoisotopic (exact) mass is 258 g/mol. The molecule has 0 N–H and O–H groups in total. The molecule has 0 bridgehead atoms. The Labute approximate surface area is 111 Å². The zero-order chi connectivity index (χ0) is 13.0. The van der Waals surface area contributed by atoms with Gasteiger partial charge < -0.3 is 4.79 Å². The molecule has 1 aromatic heterocycles. The minimum Gasteiger partial charge on any atom is -0.303 e. The molecule has 0 saturated heterocycles. The second-order valence-electron chi connectivity index (χ2n) is 4.05. The zero-order valence-electron chi connectivity index (χ0n) is 10.4. The Morgan fingerprint density at radius 1 is 1.22 bits per heavy atom. The lowest BCUT2D eigenvalue weighted by atomic mass is 10.0. The average Bonchev–Trinajstić information content (AvgIpc) is 2.35. The maximum Gasteiger partial charge on any atom is 0.124 e. The lowest BCUT2D eigenvalue weighted by molar-refractivity contribution is -0.107. The van der Waals surface area contributed by atoms with Gasteiger partial charge in [0.25, 0.3) is 0 Å². The first-order valence-electron chi connectivity index (χ1n) is 5.68. The highest BCUT2D eigenvalue weighted by Gasteiger charge is 2.06. The number of aryl methyl sites for hydroxylation is 2. The average molecular weight is 258 g/mol. The van der Waals surface area contributed by atoms with Crippen molar-refractivity contribution in [2.24, 2.45) is 0 Å². The maximum atomic E-state index is 10.6. The molecule has 0 unspecified atom stereocenters. The van der Waals surface area contributed by atoms with Gasteiger partial charge in [-0.1, -0.05) is 11.8 Å². The van der Waals surface area contributed by atoms with Gasteiger partial charge in [-0.3, -0.25) is 4.98 Å². The number of nitrogens with zero attached hydrogens (tertiary/aromatic N) is 2. The van der Waals surface area contributed by atoms with Crippen molar-refractivity contribution in [3.63, 3.8) is 0 Å². The lowest BCUT2D eigenvalue weighted by Gasteiger charge is -2.09. The molecule has 0 fully saturated rings. The summed E-state index contributed by atoms with van der Waals surface area (Å²) < 4.78 is 0. The fourth-order valence-electron chi connectivity index (χ4n) is 1.88. The van der Waals surface area contributed by atoms with Crippen LogP contribution in [0.15, 0.2) is 40.6 Å². The van der Waals surface area contributed by atoms with Crippen LogP contribution >= 0.6 is 11.8 Å². The summed E-state index contributed by atoms with van der Waals surface area (Å²) in [6, 6.07) is 4.18. The molecule has 0 saturated carbocycles. The van der Waals surface area contributed by atoms with Crippen LogP contribution in [0.2, 0.25) is 0 Å². The van der Waals surface area contributed by atoms with Crippen LogP contribution in [0.1, 0.15) is 16.7 Å². The Kier molecular flexibility index (Phi) is 4.10. The van der Waals surface area contributed by atoms with Crippen LogP contribution in [0, 0.1) is 13.8 Å². The van der Waals surface area contributed by atoms with Crippen molar-refractivity contribution in [3.8, 4) is 0 Å². The van der Waals surface area contributed by atoms with Crippen molar-refractivity contribution in [3.05, 3.63) is 47.4 Å². The molecule has 92 valence electrons. The van der Waals surface area contributed by atoms with Gasteiger partial charge in [0.2, 0.25) is 0 Å². The van der Waals surface area contributed by atoms with Gasteiger partial charge in [0, 0.05) is 23.7 Å². The molecule has 2 rings (SSSR count). The molecule has 0 aliphatic rings. The number of aromatic nitrogens is 2. The quantitative estimate of drug-likeness (QED) is 0.791. The first kappa shape index (κ1) is 12.8. The van der Waals surface area contributed by atoms with E-state index in [9.17, 15) is 4.79 Å². The van der Waals surface area contributed by atoms with E-state index in [1.807, 2.05) is 13.8 Å². The number of carbonyl (C=O) groups is 1. The van der Waals surface area contributed by atoms with Crippen molar-refractivity contribution >= 4 is 18.0 Å². The van der Waals surface area contributed by atoms with Crippen molar-refractivity contribution < 1.29 is 4.79 Å². The number of benzene rings is 1.